The zero-order valence-corrected chi connectivity index (χ0v) is 11.8. The molecule has 1 N–H and O–H groups in total. The summed E-state index contributed by atoms with van der Waals surface area (Å²) in [5.41, 5.74) is 3.23. The van der Waals surface area contributed by atoms with Crippen LogP contribution in [0.4, 0.5) is 0 Å². The lowest BCUT2D eigenvalue weighted by Gasteiger charge is -2.09. The third kappa shape index (κ3) is 2.91. The van der Waals surface area contributed by atoms with Crippen LogP contribution >= 0.6 is 0 Å². The minimum Gasteiger partial charge on any atom is -0.508 e. The van der Waals surface area contributed by atoms with Crippen LogP contribution in [-0.2, 0) is 4.84 Å². The van der Waals surface area contributed by atoms with Gasteiger partial charge in [0, 0.05) is 11.1 Å². The minimum absolute atomic E-state index is 0.260. The highest BCUT2D eigenvalue weighted by Crippen LogP contribution is 2.21. The molecule has 0 radical (unpaired) electrons. The number of aryl methyl sites for hydroxylation is 1. The van der Waals surface area contributed by atoms with Gasteiger partial charge in [0.1, 0.15) is 24.3 Å². The van der Waals surface area contributed by atoms with E-state index in [0.29, 0.717) is 5.71 Å². The van der Waals surface area contributed by atoms with E-state index in [1.807, 2.05) is 37.3 Å². The summed E-state index contributed by atoms with van der Waals surface area (Å²) in [5.74, 6) is 1.01. The Hall–Kier alpha value is -2.49. The van der Waals surface area contributed by atoms with E-state index in [1.54, 1.807) is 19.2 Å². The van der Waals surface area contributed by atoms with Gasteiger partial charge in [0.15, 0.2) is 0 Å². The highest BCUT2D eigenvalue weighted by molar-refractivity contribution is 6.13. The molecule has 0 aliphatic rings. The standard InChI is InChI=1S/C16H17NO3/c1-11-9-13(7-8-15(11)18)16(17-20-3)12-5-4-6-14(10-12)19-2/h4-10,18H,1-3H3/b17-16-. The molecule has 104 valence electrons. The van der Waals surface area contributed by atoms with E-state index < -0.39 is 0 Å². The zero-order chi connectivity index (χ0) is 14.5. The molecule has 0 aromatic heterocycles. The van der Waals surface area contributed by atoms with Crippen LogP contribution in [0.3, 0.4) is 0 Å². The summed E-state index contributed by atoms with van der Waals surface area (Å²) in [6.07, 6.45) is 0. The van der Waals surface area contributed by atoms with Crippen LogP contribution in [0.2, 0.25) is 0 Å². The van der Waals surface area contributed by atoms with Crippen molar-refractivity contribution in [1.82, 2.24) is 0 Å². The maximum Gasteiger partial charge on any atom is 0.119 e. The van der Waals surface area contributed by atoms with E-state index in [-0.39, 0.29) is 5.75 Å². The van der Waals surface area contributed by atoms with E-state index in [4.69, 9.17) is 9.57 Å². The van der Waals surface area contributed by atoms with Crippen molar-refractivity contribution in [1.29, 1.82) is 0 Å². The van der Waals surface area contributed by atoms with Crippen molar-refractivity contribution in [2.75, 3.05) is 14.2 Å². The predicted octanol–water partition coefficient (Wildman–Crippen LogP) is 3.11. The third-order valence-corrected chi connectivity index (χ3v) is 3.00. The Bertz CT molecular complexity index is 635. The topological polar surface area (TPSA) is 51.0 Å². The lowest BCUT2D eigenvalue weighted by Crippen LogP contribution is -2.04. The summed E-state index contributed by atoms with van der Waals surface area (Å²) >= 11 is 0. The molecule has 0 saturated carbocycles. The number of aromatic hydroxyl groups is 1. The van der Waals surface area contributed by atoms with E-state index in [1.165, 1.54) is 7.11 Å². The van der Waals surface area contributed by atoms with E-state index in [9.17, 15) is 5.11 Å². The van der Waals surface area contributed by atoms with Crippen molar-refractivity contribution in [3.05, 3.63) is 59.2 Å². The second-order valence-electron chi connectivity index (χ2n) is 4.36. The largest absolute Gasteiger partial charge is 0.508 e. The van der Waals surface area contributed by atoms with Gasteiger partial charge in [-0.05, 0) is 42.8 Å². The minimum atomic E-state index is 0.260. The van der Waals surface area contributed by atoms with Crippen molar-refractivity contribution >= 4 is 5.71 Å². The van der Waals surface area contributed by atoms with Crippen LogP contribution in [0.25, 0.3) is 0 Å². The Morgan fingerprint density at radius 1 is 1.05 bits per heavy atom. The number of phenolic OH excluding ortho intramolecular Hbond substituents is 1. The number of ether oxygens (including phenoxy) is 1. The number of benzene rings is 2. The quantitative estimate of drug-likeness (QED) is 0.686. The molecule has 2 rings (SSSR count). The second-order valence-corrected chi connectivity index (χ2v) is 4.36. The van der Waals surface area contributed by atoms with Crippen LogP contribution in [0.15, 0.2) is 47.6 Å². The maximum absolute atomic E-state index is 9.62. The van der Waals surface area contributed by atoms with E-state index >= 15 is 0 Å². The highest BCUT2D eigenvalue weighted by atomic mass is 16.6. The lowest BCUT2D eigenvalue weighted by atomic mass is 10.0. The summed E-state index contributed by atoms with van der Waals surface area (Å²) in [4.78, 5) is 4.94. The lowest BCUT2D eigenvalue weighted by molar-refractivity contribution is 0.214. The Kier molecular flexibility index (Phi) is 4.25. The van der Waals surface area contributed by atoms with Crippen molar-refractivity contribution in [2.45, 2.75) is 6.92 Å². The van der Waals surface area contributed by atoms with Gasteiger partial charge in [0.05, 0.1) is 7.11 Å². The van der Waals surface area contributed by atoms with Gasteiger partial charge in [0.25, 0.3) is 0 Å². The maximum atomic E-state index is 9.62. The second kappa shape index (κ2) is 6.10. The Balaban J connectivity index is 2.50. The molecule has 0 saturated heterocycles. The number of oxime groups is 1. The summed E-state index contributed by atoms with van der Waals surface area (Å²) in [6, 6.07) is 12.9. The number of rotatable bonds is 4. The fourth-order valence-corrected chi connectivity index (χ4v) is 1.94. The molecule has 0 unspecified atom stereocenters. The number of phenols is 1. The normalized spacial score (nSPS) is 11.2. The van der Waals surface area contributed by atoms with Gasteiger partial charge < -0.3 is 14.7 Å². The molecule has 0 bridgehead atoms. The van der Waals surface area contributed by atoms with Crippen LogP contribution in [0.1, 0.15) is 16.7 Å². The number of hydrogen-bond donors (Lipinski definition) is 1. The van der Waals surface area contributed by atoms with Gasteiger partial charge >= 0.3 is 0 Å². The van der Waals surface area contributed by atoms with Crippen molar-refractivity contribution in [3.8, 4) is 11.5 Å². The molecule has 2 aromatic carbocycles. The Morgan fingerprint density at radius 2 is 1.80 bits per heavy atom. The van der Waals surface area contributed by atoms with Gasteiger partial charge in [-0.1, -0.05) is 17.3 Å². The number of methoxy groups -OCH3 is 1. The summed E-state index contributed by atoms with van der Waals surface area (Å²) in [7, 11) is 3.13. The van der Waals surface area contributed by atoms with Gasteiger partial charge in [-0.2, -0.15) is 0 Å². The molecule has 2 aromatic rings. The van der Waals surface area contributed by atoms with E-state index in [0.717, 1.165) is 22.4 Å². The molecule has 4 nitrogen and oxygen atoms in total. The molecule has 0 atom stereocenters. The fraction of sp³-hybridized carbons (Fsp3) is 0.188. The predicted molar refractivity (Wildman–Crippen MR) is 78.5 cm³/mol. The first-order valence-electron chi connectivity index (χ1n) is 6.21. The first-order valence-corrected chi connectivity index (χ1v) is 6.21. The van der Waals surface area contributed by atoms with Crippen LogP contribution in [0.5, 0.6) is 11.5 Å². The van der Waals surface area contributed by atoms with Crippen molar-refractivity contribution in [2.24, 2.45) is 5.16 Å². The zero-order valence-electron chi connectivity index (χ0n) is 11.8. The average molecular weight is 271 g/mol. The molecular formula is C16H17NO3. The molecule has 0 aliphatic heterocycles. The fourth-order valence-electron chi connectivity index (χ4n) is 1.94. The van der Waals surface area contributed by atoms with Crippen LogP contribution < -0.4 is 4.74 Å². The molecule has 0 heterocycles. The van der Waals surface area contributed by atoms with Gasteiger partial charge in [-0.15, -0.1) is 0 Å². The summed E-state index contributed by atoms with van der Waals surface area (Å²) in [5, 5.41) is 13.7. The Labute approximate surface area is 118 Å². The summed E-state index contributed by atoms with van der Waals surface area (Å²) in [6.45, 7) is 1.84. The van der Waals surface area contributed by atoms with Gasteiger partial charge in [-0.3, -0.25) is 0 Å². The molecule has 4 heteroatoms. The van der Waals surface area contributed by atoms with Gasteiger partial charge in [0.2, 0.25) is 0 Å². The monoisotopic (exact) mass is 271 g/mol. The molecule has 20 heavy (non-hydrogen) atoms. The molecule has 0 spiro atoms. The average Bonchev–Trinajstić information content (AvgIpc) is 2.48. The first-order chi connectivity index (χ1) is 9.65. The number of nitrogens with zero attached hydrogens (tertiary/aromatic N) is 1. The van der Waals surface area contributed by atoms with Gasteiger partial charge in [-0.25, -0.2) is 0 Å². The third-order valence-electron chi connectivity index (χ3n) is 3.00. The van der Waals surface area contributed by atoms with Crippen molar-refractivity contribution < 1.29 is 14.7 Å². The SMILES string of the molecule is CO/N=C(/c1cccc(OC)c1)c1ccc(O)c(C)c1. The highest BCUT2D eigenvalue weighted by Gasteiger charge is 2.10. The van der Waals surface area contributed by atoms with Crippen molar-refractivity contribution in [3.63, 3.8) is 0 Å². The number of hydrogen-bond acceptors (Lipinski definition) is 4. The Morgan fingerprint density at radius 3 is 2.45 bits per heavy atom. The molecule has 0 amide bonds. The van der Waals surface area contributed by atoms with E-state index in [2.05, 4.69) is 5.16 Å². The summed E-state index contributed by atoms with van der Waals surface area (Å²) < 4.78 is 5.23. The smallest absolute Gasteiger partial charge is 0.119 e. The molecular weight excluding hydrogens is 254 g/mol. The molecule has 0 aliphatic carbocycles. The molecule has 0 fully saturated rings. The van der Waals surface area contributed by atoms with Crippen LogP contribution in [-0.4, -0.2) is 25.0 Å². The van der Waals surface area contributed by atoms with Crippen LogP contribution in [0, 0.1) is 6.92 Å². The first kappa shape index (κ1) is 13.9.